The number of unbranched alkanes of at least 4 members (excludes halogenated alkanes) is 7. The molecule has 1 aromatic heterocycles. The average Bonchev–Trinajstić information content (AvgIpc) is 2.77. The monoisotopic (exact) mass is 267 g/mol. The van der Waals surface area contributed by atoms with Crippen LogP contribution >= 0.6 is 11.3 Å². The molecular formula is C16H29NS. The first-order valence-electron chi connectivity index (χ1n) is 7.59. The normalized spacial score (nSPS) is 11.0. The van der Waals surface area contributed by atoms with E-state index < -0.39 is 0 Å². The number of thiophene rings is 1. The van der Waals surface area contributed by atoms with Gasteiger partial charge < -0.3 is 5.32 Å². The van der Waals surface area contributed by atoms with Gasteiger partial charge in [0, 0.05) is 16.3 Å². The molecule has 1 heterocycles. The summed E-state index contributed by atoms with van der Waals surface area (Å²) in [6, 6.07) is 4.44. The van der Waals surface area contributed by atoms with Crippen LogP contribution in [0.4, 0.5) is 0 Å². The SMILES string of the molecule is CCCCCCCCCCNCc1ccc(C)s1. The fourth-order valence-electron chi connectivity index (χ4n) is 2.18. The second-order valence-corrected chi connectivity index (χ2v) is 6.54. The van der Waals surface area contributed by atoms with Crippen molar-refractivity contribution in [3.05, 3.63) is 21.9 Å². The highest BCUT2D eigenvalue weighted by molar-refractivity contribution is 7.11. The topological polar surface area (TPSA) is 12.0 Å². The first-order valence-corrected chi connectivity index (χ1v) is 8.40. The highest BCUT2D eigenvalue weighted by atomic mass is 32.1. The van der Waals surface area contributed by atoms with E-state index in [0.29, 0.717) is 0 Å². The lowest BCUT2D eigenvalue weighted by Gasteiger charge is -2.03. The largest absolute Gasteiger partial charge is 0.312 e. The van der Waals surface area contributed by atoms with Gasteiger partial charge >= 0.3 is 0 Å². The van der Waals surface area contributed by atoms with Crippen LogP contribution in [-0.2, 0) is 6.54 Å². The molecule has 0 saturated heterocycles. The molecule has 0 atom stereocenters. The first-order chi connectivity index (χ1) is 8.83. The third kappa shape index (κ3) is 7.88. The van der Waals surface area contributed by atoms with E-state index in [1.165, 1.54) is 67.7 Å². The zero-order chi connectivity index (χ0) is 13.1. The summed E-state index contributed by atoms with van der Waals surface area (Å²) in [6.45, 7) is 6.67. The standard InChI is InChI=1S/C16H29NS/c1-3-4-5-6-7-8-9-10-13-17-14-16-12-11-15(2)18-16/h11-12,17H,3-10,13-14H2,1-2H3. The third-order valence-corrected chi connectivity index (χ3v) is 4.30. The van der Waals surface area contributed by atoms with Gasteiger partial charge in [0.15, 0.2) is 0 Å². The smallest absolute Gasteiger partial charge is 0.0299 e. The molecule has 104 valence electrons. The average molecular weight is 267 g/mol. The van der Waals surface area contributed by atoms with Crippen LogP contribution in [0.25, 0.3) is 0 Å². The highest BCUT2D eigenvalue weighted by Gasteiger charge is 1.96. The Morgan fingerprint density at radius 1 is 0.944 bits per heavy atom. The predicted octanol–water partition coefficient (Wildman–Crippen LogP) is 5.29. The molecule has 1 aromatic rings. The molecule has 0 bridgehead atoms. The molecule has 0 unspecified atom stereocenters. The summed E-state index contributed by atoms with van der Waals surface area (Å²) >= 11 is 1.90. The molecule has 0 saturated carbocycles. The summed E-state index contributed by atoms with van der Waals surface area (Å²) < 4.78 is 0. The van der Waals surface area contributed by atoms with Crippen molar-refractivity contribution in [1.82, 2.24) is 5.32 Å². The Kier molecular flexibility index (Phi) is 9.23. The summed E-state index contributed by atoms with van der Waals surface area (Å²) in [7, 11) is 0. The predicted molar refractivity (Wildman–Crippen MR) is 83.4 cm³/mol. The van der Waals surface area contributed by atoms with Gasteiger partial charge in [-0.3, -0.25) is 0 Å². The Bertz CT molecular complexity index is 293. The maximum absolute atomic E-state index is 3.54. The molecule has 0 fully saturated rings. The lowest BCUT2D eigenvalue weighted by Crippen LogP contribution is -2.13. The molecular weight excluding hydrogens is 238 g/mol. The molecule has 18 heavy (non-hydrogen) atoms. The molecule has 0 aliphatic carbocycles. The van der Waals surface area contributed by atoms with Crippen LogP contribution in [-0.4, -0.2) is 6.54 Å². The van der Waals surface area contributed by atoms with Gasteiger partial charge in [-0.05, 0) is 32.0 Å². The molecule has 0 aliphatic rings. The minimum atomic E-state index is 1.05. The van der Waals surface area contributed by atoms with Crippen LogP contribution in [0, 0.1) is 6.92 Å². The second kappa shape index (κ2) is 10.6. The van der Waals surface area contributed by atoms with Gasteiger partial charge in [-0.15, -0.1) is 11.3 Å². The summed E-state index contributed by atoms with van der Waals surface area (Å²) in [4.78, 5) is 2.88. The minimum Gasteiger partial charge on any atom is -0.312 e. The summed E-state index contributed by atoms with van der Waals surface area (Å²) in [5.74, 6) is 0. The van der Waals surface area contributed by atoms with Crippen LogP contribution in [0.1, 0.15) is 68.0 Å². The van der Waals surface area contributed by atoms with Gasteiger partial charge in [-0.2, -0.15) is 0 Å². The van der Waals surface area contributed by atoms with Crippen molar-refractivity contribution in [2.45, 2.75) is 71.8 Å². The number of aryl methyl sites for hydroxylation is 1. The van der Waals surface area contributed by atoms with E-state index in [4.69, 9.17) is 0 Å². The zero-order valence-corrected chi connectivity index (χ0v) is 13.0. The second-order valence-electron chi connectivity index (χ2n) is 5.16. The van der Waals surface area contributed by atoms with E-state index >= 15 is 0 Å². The fraction of sp³-hybridized carbons (Fsp3) is 0.750. The Balaban J connectivity index is 1.81. The van der Waals surface area contributed by atoms with Crippen LogP contribution in [0.3, 0.4) is 0 Å². The van der Waals surface area contributed by atoms with Crippen molar-refractivity contribution in [3.8, 4) is 0 Å². The van der Waals surface area contributed by atoms with Gasteiger partial charge in [0.05, 0.1) is 0 Å². The molecule has 0 spiro atoms. The zero-order valence-electron chi connectivity index (χ0n) is 12.1. The number of rotatable bonds is 11. The number of hydrogen-bond donors (Lipinski definition) is 1. The molecule has 1 N–H and O–H groups in total. The quantitative estimate of drug-likeness (QED) is 0.537. The van der Waals surface area contributed by atoms with E-state index in [2.05, 4.69) is 31.3 Å². The number of nitrogens with one attached hydrogen (secondary N) is 1. The Labute approximate surface area is 117 Å². The lowest BCUT2D eigenvalue weighted by molar-refractivity contribution is 0.556. The van der Waals surface area contributed by atoms with E-state index in [0.717, 1.165) is 6.54 Å². The molecule has 0 aliphatic heterocycles. The Morgan fingerprint density at radius 2 is 1.61 bits per heavy atom. The van der Waals surface area contributed by atoms with E-state index in [1.54, 1.807) is 0 Å². The summed E-state index contributed by atoms with van der Waals surface area (Å²) in [6.07, 6.45) is 11.2. The van der Waals surface area contributed by atoms with E-state index in [-0.39, 0.29) is 0 Å². The van der Waals surface area contributed by atoms with E-state index in [1.807, 2.05) is 11.3 Å². The molecule has 0 radical (unpaired) electrons. The molecule has 1 nitrogen and oxygen atoms in total. The maximum atomic E-state index is 3.54. The Morgan fingerprint density at radius 3 is 2.22 bits per heavy atom. The maximum Gasteiger partial charge on any atom is 0.0299 e. The van der Waals surface area contributed by atoms with Crippen LogP contribution in [0.5, 0.6) is 0 Å². The van der Waals surface area contributed by atoms with Crippen molar-refractivity contribution in [2.75, 3.05) is 6.54 Å². The first kappa shape index (κ1) is 15.7. The van der Waals surface area contributed by atoms with Crippen molar-refractivity contribution in [2.24, 2.45) is 0 Å². The van der Waals surface area contributed by atoms with Crippen molar-refractivity contribution < 1.29 is 0 Å². The van der Waals surface area contributed by atoms with Crippen molar-refractivity contribution in [1.29, 1.82) is 0 Å². The minimum absolute atomic E-state index is 1.05. The molecule has 0 aromatic carbocycles. The van der Waals surface area contributed by atoms with Crippen LogP contribution in [0.2, 0.25) is 0 Å². The summed E-state index contributed by atoms with van der Waals surface area (Å²) in [5.41, 5.74) is 0. The van der Waals surface area contributed by atoms with E-state index in [9.17, 15) is 0 Å². The van der Waals surface area contributed by atoms with Crippen molar-refractivity contribution in [3.63, 3.8) is 0 Å². The van der Waals surface area contributed by atoms with Gasteiger partial charge in [0.2, 0.25) is 0 Å². The number of hydrogen-bond acceptors (Lipinski definition) is 2. The molecule has 1 rings (SSSR count). The third-order valence-electron chi connectivity index (χ3n) is 3.30. The lowest BCUT2D eigenvalue weighted by atomic mass is 10.1. The Hall–Kier alpha value is -0.340. The van der Waals surface area contributed by atoms with Gasteiger partial charge in [0.25, 0.3) is 0 Å². The van der Waals surface area contributed by atoms with Gasteiger partial charge in [0.1, 0.15) is 0 Å². The van der Waals surface area contributed by atoms with Gasteiger partial charge in [-0.1, -0.05) is 51.9 Å². The molecule has 2 heteroatoms. The van der Waals surface area contributed by atoms with Crippen molar-refractivity contribution >= 4 is 11.3 Å². The van der Waals surface area contributed by atoms with Gasteiger partial charge in [-0.25, -0.2) is 0 Å². The van der Waals surface area contributed by atoms with Crippen LogP contribution in [0.15, 0.2) is 12.1 Å². The summed E-state index contributed by atoms with van der Waals surface area (Å²) in [5, 5.41) is 3.54. The van der Waals surface area contributed by atoms with Crippen LogP contribution < -0.4 is 5.32 Å². The highest BCUT2D eigenvalue weighted by Crippen LogP contribution is 2.14. The molecule has 0 amide bonds. The fourth-order valence-corrected chi connectivity index (χ4v) is 3.04.